The third-order valence-electron chi connectivity index (χ3n) is 2.96. The summed E-state index contributed by atoms with van der Waals surface area (Å²) in [6.07, 6.45) is 6.25. The third-order valence-corrected chi connectivity index (χ3v) is 2.96. The molecule has 0 spiro atoms. The van der Waals surface area contributed by atoms with Crippen LogP contribution >= 0.6 is 0 Å². The Morgan fingerprint density at radius 1 is 1.50 bits per heavy atom. The molecule has 1 rings (SSSR count). The van der Waals surface area contributed by atoms with Crippen LogP contribution in [0.15, 0.2) is 5.16 Å². The highest BCUT2D eigenvalue weighted by atomic mass is 16.4. The van der Waals surface area contributed by atoms with Crippen LogP contribution in [0.2, 0.25) is 0 Å². The van der Waals surface area contributed by atoms with Gasteiger partial charge in [-0.15, -0.1) is 0 Å². The second-order valence-electron chi connectivity index (χ2n) is 3.97. The Hall–Kier alpha value is -0.770. The van der Waals surface area contributed by atoms with Gasteiger partial charge in [0, 0.05) is 6.04 Å². The number of rotatable bonds is 3. The summed E-state index contributed by atoms with van der Waals surface area (Å²) in [6.45, 7) is 3.89. The average molecular weight is 199 g/mol. The second-order valence-corrected chi connectivity index (χ2v) is 3.97. The Bertz CT molecular complexity index is 194. The van der Waals surface area contributed by atoms with E-state index < -0.39 is 0 Å². The molecule has 14 heavy (non-hydrogen) atoms. The van der Waals surface area contributed by atoms with Crippen molar-refractivity contribution in [2.24, 2.45) is 10.9 Å². The van der Waals surface area contributed by atoms with Gasteiger partial charge in [0.2, 0.25) is 0 Å². The number of nitrogens with zero attached hydrogens (tertiary/aromatic N) is 2. The van der Waals surface area contributed by atoms with E-state index in [1.807, 2.05) is 0 Å². The number of likely N-dealkylation sites (tertiary alicyclic amines) is 1. The molecular formula is C10H21N3O. The molecular weight excluding hydrogens is 178 g/mol. The van der Waals surface area contributed by atoms with E-state index in [0.29, 0.717) is 18.4 Å². The average Bonchev–Trinajstić information content (AvgIpc) is 2.42. The lowest BCUT2D eigenvalue weighted by molar-refractivity contribution is 0.218. The van der Waals surface area contributed by atoms with Crippen molar-refractivity contribution in [3.05, 3.63) is 0 Å². The molecule has 3 N–H and O–H groups in total. The molecule has 0 amide bonds. The van der Waals surface area contributed by atoms with Gasteiger partial charge in [-0.3, -0.25) is 4.90 Å². The molecule has 1 unspecified atom stereocenters. The predicted molar refractivity (Wildman–Crippen MR) is 57.5 cm³/mol. The van der Waals surface area contributed by atoms with Crippen LogP contribution in [0.4, 0.5) is 0 Å². The van der Waals surface area contributed by atoms with Gasteiger partial charge in [-0.2, -0.15) is 0 Å². The summed E-state index contributed by atoms with van der Waals surface area (Å²) >= 11 is 0. The summed E-state index contributed by atoms with van der Waals surface area (Å²) in [7, 11) is 0. The first-order chi connectivity index (χ1) is 6.77. The van der Waals surface area contributed by atoms with Crippen molar-refractivity contribution >= 4 is 5.84 Å². The van der Waals surface area contributed by atoms with Gasteiger partial charge in [-0.25, -0.2) is 0 Å². The largest absolute Gasteiger partial charge is 0.409 e. The molecule has 0 aromatic carbocycles. The SMILES string of the molecule is CCC1CCCCCN1C/C(N)=N/O. The lowest BCUT2D eigenvalue weighted by atomic mass is 10.1. The van der Waals surface area contributed by atoms with E-state index in [-0.39, 0.29) is 0 Å². The van der Waals surface area contributed by atoms with Gasteiger partial charge in [-0.05, 0) is 25.8 Å². The minimum Gasteiger partial charge on any atom is -0.409 e. The summed E-state index contributed by atoms with van der Waals surface area (Å²) in [4.78, 5) is 2.34. The van der Waals surface area contributed by atoms with E-state index in [9.17, 15) is 0 Å². The zero-order valence-electron chi connectivity index (χ0n) is 8.95. The van der Waals surface area contributed by atoms with Gasteiger partial charge >= 0.3 is 0 Å². The maximum Gasteiger partial charge on any atom is 0.153 e. The monoisotopic (exact) mass is 199 g/mol. The molecule has 0 saturated carbocycles. The number of oxime groups is 1. The van der Waals surface area contributed by atoms with E-state index >= 15 is 0 Å². The lowest BCUT2D eigenvalue weighted by Gasteiger charge is -2.28. The summed E-state index contributed by atoms with van der Waals surface area (Å²) in [5.41, 5.74) is 5.53. The van der Waals surface area contributed by atoms with Crippen LogP contribution in [-0.4, -0.2) is 35.1 Å². The van der Waals surface area contributed by atoms with Crippen LogP contribution in [0.5, 0.6) is 0 Å². The fraction of sp³-hybridized carbons (Fsp3) is 0.900. The fourth-order valence-corrected chi connectivity index (χ4v) is 2.15. The van der Waals surface area contributed by atoms with Crippen LogP contribution in [0.25, 0.3) is 0 Å². The molecule has 1 heterocycles. The molecule has 4 nitrogen and oxygen atoms in total. The third kappa shape index (κ3) is 3.18. The Kier molecular flexibility index (Phi) is 4.73. The molecule has 1 aliphatic rings. The van der Waals surface area contributed by atoms with Crippen molar-refractivity contribution in [2.45, 2.75) is 45.1 Å². The van der Waals surface area contributed by atoms with Crippen LogP contribution in [0.1, 0.15) is 39.0 Å². The van der Waals surface area contributed by atoms with E-state index in [2.05, 4.69) is 17.0 Å². The highest BCUT2D eigenvalue weighted by Gasteiger charge is 2.19. The van der Waals surface area contributed by atoms with Crippen molar-refractivity contribution in [1.82, 2.24) is 4.90 Å². The molecule has 1 saturated heterocycles. The van der Waals surface area contributed by atoms with Gasteiger partial charge in [0.1, 0.15) is 0 Å². The Balaban J connectivity index is 2.52. The zero-order chi connectivity index (χ0) is 10.4. The standard InChI is InChI=1S/C10H21N3O/c1-2-9-6-4-3-5-7-13(9)8-10(11)12-14/h9,14H,2-8H2,1H3,(H2,11,12). The van der Waals surface area contributed by atoms with Crippen molar-refractivity contribution in [3.63, 3.8) is 0 Å². The van der Waals surface area contributed by atoms with Gasteiger partial charge < -0.3 is 10.9 Å². The van der Waals surface area contributed by atoms with E-state index in [0.717, 1.165) is 13.0 Å². The molecule has 1 aliphatic heterocycles. The first-order valence-corrected chi connectivity index (χ1v) is 5.48. The quantitative estimate of drug-likeness (QED) is 0.312. The Labute approximate surface area is 85.8 Å². The van der Waals surface area contributed by atoms with Crippen molar-refractivity contribution in [2.75, 3.05) is 13.1 Å². The Morgan fingerprint density at radius 2 is 2.29 bits per heavy atom. The lowest BCUT2D eigenvalue weighted by Crippen LogP contribution is -2.40. The van der Waals surface area contributed by atoms with Crippen LogP contribution in [-0.2, 0) is 0 Å². The van der Waals surface area contributed by atoms with Gasteiger partial charge in [0.15, 0.2) is 5.84 Å². The highest BCUT2D eigenvalue weighted by Crippen LogP contribution is 2.18. The van der Waals surface area contributed by atoms with Crippen LogP contribution in [0, 0.1) is 0 Å². The topological polar surface area (TPSA) is 61.8 Å². The number of hydrogen-bond donors (Lipinski definition) is 2. The maximum atomic E-state index is 8.53. The normalized spacial score (nSPS) is 26.1. The molecule has 1 fully saturated rings. The fourth-order valence-electron chi connectivity index (χ4n) is 2.15. The summed E-state index contributed by atoms with van der Waals surface area (Å²) in [5, 5.41) is 11.6. The van der Waals surface area contributed by atoms with E-state index in [1.54, 1.807) is 0 Å². The summed E-state index contributed by atoms with van der Waals surface area (Å²) in [5.74, 6) is 0.324. The minimum absolute atomic E-state index is 0.324. The molecule has 82 valence electrons. The minimum atomic E-state index is 0.324. The smallest absolute Gasteiger partial charge is 0.153 e. The summed E-state index contributed by atoms with van der Waals surface area (Å²) in [6, 6.07) is 0.609. The van der Waals surface area contributed by atoms with Gasteiger partial charge in [0.25, 0.3) is 0 Å². The molecule has 0 aromatic rings. The number of hydrogen-bond acceptors (Lipinski definition) is 3. The summed E-state index contributed by atoms with van der Waals surface area (Å²) < 4.78 is 0. The van der Waals surface area contributed by atoms with Crippen molar-refractivity contribution in [1.29, 1.82) is 0 Å². The van der Waals surface area contributed by atoms with Crippen LogP contribution in [0.3, 0.4) is 0 Å². The number of nitrogens with two attached hydrogens (primary N) is 1. The molecule has 1 atom stereocenters. The first kappa shape index (κ1) is 11.3. The van der Waals surface area contributed by atoms with E-state index in [4.69, 9.17) is 10.9 Å². The second kappa shape index (κ2) is 5.86. The van der Waals surface area contributed by atoms with Crippen molar-refractivity contribution < 1.29 is 5.21 Å². The molecule has 0 aromatic heterocycles. The predicted octanol–water partition coefficient (Wildman–Crippen LogP) is 1.39. The Morgan fingerprint density at radius 3 is 2.93 bits per heavy atom. The first-order valence-electron chi connectivity index (χ1n) is 5.48. The molecule has 0 aliphatic carbocycles. The van der Waals surface area contributed by atoms with Gasteiger partial charge in [0.05, 0.1) is 6.54 Å². The molecule has 0 radical (unpaired) electrons. The molecule has 0 bridgehead atoms. The number of amidine groups is 1. The van der Waals surface area contributed by atoms with Crippen molar-refractivity contribution in [3.8, 4) is 0 Å². The van der Waals surface area contributed by atoms with Gasteiger partial charge in [-0.1, -0.05) is 24.9 Å². The maximum absolute atomic E-state index is 8.53. The molecule has 4 heteroatoms. The highest BCUT2D eigenvalue weighted by molar-refractivity contribution is 5.81. The zero-order valence-corrected chi connectivity index (χ0v) is 8.95. The van der Waals surface area contributed by atoms with E-state index in [1.165, 1.54) is 25.7 Å². The van der Waals surface area contributed by atoms with Crippen LogP contribution < -0.4 is 5.73 Å².